The van der Waals surface area contributed by atoms with E-state index in [2.05, 4.69) is 29.2 Å². The summed E-state index contributed by atoms with van der Waals surface area (Å²) in [7, 11) is -3.66. The fourth-order valence-electron chi connectivity index (χ4n) is 3.75. The van der Waals surface area contributed by atoms with Crippen LogP contribution in [-0.4, -0.2) is 74.2 Å². The van der Waals surface area contributed by atoms with Crippen LogP contribution in [0, 0.1) is 0 Å². The van der Waals surface area contributed by atoms with Crippen molar-refractivity contribution in [1.29, 1.82) is 0 Å². The van der Waals surface area contributed by atoms with E-state index >= 15 is 0 Å². The smallest absolute Gasteiger partial charge is 0.255 e. The molecule has 0 saturated carbocycles. The highest BCUT2D eigenvalue weighted by atomic mass is 35.5. The third-order valence-corrected chi connectivity index (χ3v) is 8.02. The van der Waals surface area contributed by atoms with Crippen LogP contribution in [0.2, 0.25) is 5.02 Å². The molecule has 1 aliphatic rings. The molecule has 0 atom stereocenters. The van der Waals surface area contributed by atoms with Crippen LogP contribution in [0.3, 0.4) is 0 Å². The molecule has 0 N–H and O–H groups in total. The van der Waals surface area contributed by atoms with Crippen LogP contribution >= 0.6 is 11.6 Å². The van der Waals surface area contributed by atoms with Crippen LogP contribution in [0.25, 0.3) is 6.08 Å². The third-order valence-electron chi connectivity index (χ3n) is 5.64. The largest absolute Gasteiger partial charge is 0.336 e. The fraction of sp³-hybridized carbons (Fsp3) is 0.375. The average Bonchev–Trinajstić information content (AvgIpc) is 2.80. The first-order chi connectivity index (χ1) is 15.4. The fourth-order valence-corrected chi connectivity index (χ4v) is 5.43. The maximum atomic E-state index is 13.1. The van der Waals surface area contributed by atoms with Crippen LogP contribution < -0.4 is 0 Å². The van der Waals surface area contributed by atoms with E-state index < -0.39 is 10.0 Å². The summed E-state index contributed by atoms with van der Waals surface area (Å²) >= 11 is 6.29. The normalized spacial score (nSPS) is 15.6. The van der Waals surface area contributed by atoms with Crippen molar-refractivity contribution in [2.75, 3.05) is 45.8 Å². The maximum Gasteiger partial charge on any atom is 0.255 e. The molecule has 1 fully saturated rings. The first-order valence-corrected chi connectivity index (χ1v) is 12.7. The molecule has 0 unspecified atom stereocenters. The first kappa shape index (κ1) is 24.5. The zero-order valence-corrected chi connectivity index (χ0v) is 20.1. The number of halogens is 1. The molecule has 1 heterocycles. The van der Waals surface area contributed by atoms with E-state index in [4.69, 9.17) is 11.6 Å². The Morgan fingerprint density at radius 1 is 1.03 bits per heavy atom. The summed E-state index contributed by atoms with van der Waals surface area (Å²) in [5, 5.41) is 0.265. The summed E-state index contributed by atoms with van der Waals surface area (Å²) in [6.07, 6.45) is 4.23. The third kappa shape index (κ3) is 5.78. The molecule has 0 bridgehead atoms. The zero-order valence-electron chi connectivity index (χ0n) is 18.6. The Bertz CT molecular complexity index is 1050. The Morgan fingerprint density at radius 2 is 1.69 bits per heavy atom. The number of hydrogen-bond donors (Lipinski definition) is 0. The van der Waals surface area contributed by atoms with E-state index in [1.807, 2.05) is 18.2 Å². The van der Waals surface area contributed by atoms with E-state index in [0.717, 1.165) is 25.2 Å². The van der Waals surface area contributed by atoms with Crippen LogP contribution in [-0.2, 0) is 10.0 Å². The van der Waals surface area contributed by atoms with Gasteiger partial charge in [0.1, 0.15) is 0 Å². The number of nitrogens with zero attached hydrogens (tertiary/aromatic N) is 3. The van der Waals surface area contributed by atoms with Gasteiger partial charge in [0, 0.05) is 45.8 Å². The minimum atomic E-state index is -3.66. The minimum absolute atomic E-state index is 0.0960. The van der Waals surface area contributed by atoms with Gasteiger partial charge in [-0.15, -0.1) is 0 Å². The number of carbonyl (C=O) groups excluding carboxylic acids is 1. The van der Waals surface area contributed by atoms with Gasteiger partial charge in [0.2, 0.25) is 10.0 Å². The van der Waals surface area contributed by atoms with Crippen LogP contribution in [0.5, 0.6) is 0 Å². The summed E-state index contributed by atoms with van der Waals surface area (Å²) < 4.78 is 27.1. The monoisotopic (exact) mass is 475 g/mol. The minimum Gasteiger partial charge on any atom is -0.336 e. The Kier molecular flexibility index (Phi) is 8.48. The van der Waals surface area contributed by atoms with Crippen molar-refractivity contribution < 1.29 is 13.2 Å². The number of piperazine rings is 1. The molecule has 172 valence electrons. The molecule has 32 heavy (non-hydrogen) atoms. The number of amides is 1. The lowest BCUT2D eigenvalue weighted by Gasteiger charge is -2.34. The van der Waals surface area contributed by atoms with Crippen LogP contribution in [0.1, 0.15) is 29.8 Å². The molecular weight excluding hydrogens is 446 g/mol. The van der Waals surface area contributed by atoms with Gasteiger partial charge in [-0.05, 0) is 23.8 Å². The molecular formula is C24H30ClN3O3S. The highest BCUT2D eigenvalue weighted by Gasteiger charge is 2.27. The van der Waals surface area contributed by atoms with E-state index in [-0.39, 0.29) is 21.4 Å². The van der Waals surface area contributed by atoms with E-state index in [1.165, 1.54) is 22.5 Å². The van der Waals surface area contributed by atoms with Gasteiger partial charge in [-0.25, -0.2) is 8.42 Å². The van der Waals surface area contributed by atoms with Crippen molar-refractivity contribution in [3.05, 3.63) is 70.8 Å². The average molecular weight is 476 g/mol. The second-order valence-electron chi connectivity index (χ2n) is 7.64. The molecule has 2 aromatic carbocycles. The predicted octanol–water partition coefficient (Wildman–Crippen LogP) is 3.84. The predicted molar refractivity (Wildman–Crippen MR) is 129 cm³/mol. The van der Waals surface area contributed by atoms with Gasteiger partial charge >= 0.3 is 0 Å². The highest BCUT2D eigenvalue weighted by Crippen LogP contribution is 2.24. The summed E-state index contributed by atoms with van der Waals surface area (Å²) in [6.45, 7) is 7.77. The van der Waals surface area contributed by atoms with Gasteiger partial charge in [0.15, 0.2) is 0 Å². The Morgan fingerprint density at radius 3 is 2.31 bits per heavy atom. The van der Waals surface area contributed by atoms with Gasteiger partial charge in [-0.3, -0.25) is 9.69 Å². The number of sulfonamides is 1. The van der Waals surface area contributed by atoms with Crippen LogP contribution in [0.15, 0.2) is 59.5 Å². The van der Waals surface area contributed by atoms with Gasteiger partial charge in [-0.2, -0.15) is 4.31 Å². The molecule has 8 heteroatoms. The first-order valence-electron chi connectivity index (χ1n) is 10.9. The zero-order chi connectivity index (χ0) is 23.1. The van der Waals surface area contributed by atoms with Gasteiger partial charge in [0.05, 0.1) is 15.5 Å². The molecule has 3 rings (SSSR count). The molecule has 0 spiro atoms. The van der Waals surface area contributed by atoms with Crippen molar-refractivity contribution in [1.82, 2.24) is 14.1 Å². The lowest BCUT2D eigenvalue weighted by atomic mass is 10.1. The quantitative estimate of drug-likeness (QED) is 0.582. The van der Waals surface area contributed by atoms with E-state index in [0.29, 0.717) is 26.2 Å². The second-order valence-corrected chi connectivity index (χ2v) is 9.98. The van der Waals surface area contributed by atoms with Gasteiger partial charge in [0.25, 0.3) is 5.91 Å². The molecule has 1 saturated heterocycles. The molecule has 6 nitrogen and oxygen atoms in total. The van der Waals surface area contributed by atoms with E-state index in [1.54, 1.807) is 18.7 Å². The summed E-state index contributed by atoms with van der Waals surface area (Å²) in [5.74, 6) is -0.230. The summed E-state index contributed by atoms with van der Waals surface area (Å²) in [5.41, 5.74) is 1.40. The van der Waals surface area contributed by atoms with Crippen molar-refractivity contribution in [3.8, 4) is 0 Å². The topological polar surface area (TPSA) is 60.9 Å². The van der Waals surface area contributed by atoms with Gasteiger partial charge < -0.3 is 4.90 Å². The molecule has 1 aliphatic heterocycles. The molecule has 0 radical (unpaired) electrons. The standard InChI is InChI=1S/C24H30ClN3O3S/c1-3-28(4-2)32(30,31)21-12-13-23(25)22(19-21)24(29)27-17-15-26(16-18-27)14-8-11-20-9-6-5-7-10-20/h5-13,19H,3-4,14-18H2,1-2H3/b11-8+. The summed E-state index contributed by atoms with van der Waals surface area (Å²) in [6, 6.07) is 14.5. The Hall–Kier alpha value is -2.19. The summed E-state index contributed by atoms with van der Waals surface area (Å²) in [4.78, 5) is 17.2. The lowest BCUT2D eigenvalue weighted by molar-refractivity contribution is 0.0650. The lowest BCUT2D eigenvalue weighted by Crippen LogP contribution is -2.48. The highest BCUT2D eigenvalue weighted by molar-refractivity contribution is 7.89. The van der Waals surface area contributed by atoms with Crippen molar-refractivity contribution in [2.45, 2.75) is 18.7 Å². The molecule has 2 aromatic rings. The van der Waals surface area contributed by atoms with Crippen molar-refractivity contribution in [2.24, 2.45) is 0 Å². The number of hydrogen-bond acceptors (Lipinski definition) is 4. The van der Waals surface area contributed by atoms with E-state index in [9.17, 15) is 13.2 Å². The van der Waals surface area contributed by atoms with Crippen LogP contribution in [0.4, 0.5) is 0 Å². The SMILES string of the molecule is CCN(CC)S(=O)(=O)c1ccc(Cl)c(C(=O)N2CCN(C/C=C/c3ccccc3)CC2)c1. The molecule has 0 aromatic heterocycles. The molecule has 1 amide bonds. The van der Waals surface area contributed by atoms with Crippen molar-refractivity contribution >= 4 is 33.6 Å². The molecule has 0 aliphatic carbocycles. The Balaban J connectivity index is 1.64. The van der Waals surface area contributed by atoms with Crippen molar-refractivity contribution in [3.63, 3.8) is 0 Å². The van der Waals surface area contributed by atoms with Gasteiger partial charge in [-0.1, -0.05) is 67.9 Å². The number of carbonyl (C=O) groups is 1. The second kappa shape index (κ2) is 11.1. The maximum absolute atomic E-state index is 13.1. The number of benzene rings is 2. The number of rotatable bonds is 8. The Labute approximate surface area is 196 Å².